The summed E-state index contributed by atoms with van der Waals surface area (Å²) >= 11 is 0. The Morgan fingerprint density at radius 1 is 1.78 bits per heavy atom. The van der Waals surface area contributed by atoms with E-state index in [9.17, 15) is 4.79 Å². The third kappa shape index (κ3) is 2.46. The first-order valence-corrected chi connectivity index (χ1v) is 2.06. The van der Waals surface area contributed by atoms with Crippen LogP contribution in [0.25, 0.3) is 0 Å². The molecule has 0 N–H and O–H groups in total. The van der Waals surface area contributed by atoms with Crippen LogP contribution < -0.4 is 0 Å². The average Bonchev–Trinajstić information content (AvgIpc) is 1.87. The summed E-state index contributed by atoms with van der Waals surface area (Å²) < 4.78 is 0. The Labute approximate surface area is 52.2 Å². The highest BCUT2D eigenvalue weighted by atomic mass is 17.2. The van der Waals surface area contributed by atoms with E-state index in [1.165, 1.54) is 13.2 Å². The first-order chi connectivity index (χ1) is 4.22. The van der Waals surface area contributed by atoms with Gasteiger partial charge in [-0.3, -0.25) is 4.89 Å². The first-order valence-electron chi connectivity index (χ1n) is 2.06. The second-order valence-electron chi connectivity index (χ2n) is 1.13. The van der Waals surface area contributed by atoms with Crippen molar-refractivity contribution in [2.24, 2.45) is 0 Å². The summed E-state index contributed by atoms with van der Waals surface area (Å²) in [6, 6.07) is 1.50. The van der Waals surface area contributed by atoms with Crippen molar-refractivity contribution < 1.29 is 14.6 Å². The van der Waals surface area contributed by atoms with Crippen molar-refractivity contribution in [2.75, 3.05) is 7.11 Å². The van der Waals surface area contributed by atoms with Gasteiger partial charge in [-0.2, -0.15) is 10.1 Å². The molecule has 0 saturated carbocycles. The van der Waals surface area contributed by atoms with E-state index >= 15 is 0 Å². The minimum atomic E-state index is -0.861. The summed E-state index contributed by atoms with van der Waals surface area (Å²) in [5.74, 6) is -0.861. The summed E-state index contributed by atoms with van der Waals surface area (Å²) in [6.07, 6.45) is 0. The largest absolute Gasteiger partial charge is 0.382 e. The lowest BCUT2D eigenvalue weighted by molar-refractivity contribution is -0.250. The molecule has 0 saturated heterocycles. The van der Waals surface area contributed by atoms with Crippen LogP contribution in [0.15, 0.2) is 12.2 Å². The zero-order valence-corrected chi connectivity index (χ0v) is 4.88. The molecule has 0 unspecified atom stereocenters. The predicted octanol–water partition coefficient (Wildman–Crippen LogP) is 0.171. The van der Waals surface area contributed by atoms with Crippen LogP contribution in [-0.2, 0) is 14.6 Å². The molecule has 0 spiro atoms. The fourth-order valence-electron chi connectivity index (χ4n) is 0.172. The van der Waals surface area contributed by atoms with Gasteiger partial charge in [-0.25, -0.2) is 4.79 Å². The van der Waals surface area contributed by atoms with E-state index < -0.39 is 5.97 Å². The van der Waals surface area contributed by atoms with E-state index in [4.69, 9.17) is 5.26 Å². The summed E-state index contributed by atoms with van der Waals surface area (Å²) in [6.45, 7) is 3.08. The molecule has 0 aromatic rings. The van der Waals surface area contributed by atoms with Gasteiger partial charge in [0.2, 0.25) is 0 Å². The summed E-state index contributed by atoms with van der Waals surface area (Å²) in [4.78, 5) is 18.2. The average molecular weight is 127 g/mol. The lowest BCUT2D eigenvalue weighted by atomic mass is 10.4. The summed E-state index contributed by atoms with van der Waals surface area (Å²) in [5.41, 5.74) is -0.281. The van der Waals surface area contributed by atoms with E-state index in [2.05, 4.69) is 16.4 Å². The van der Waals surface area contributed by atoms with Crippen LogP contribution in [0.2, 0.25) is 0 Å². The van der Waals surface area contributed by atoms with Gasteiger partial charge in [0.25, 0.3) is 0 Å². The van der Waals surface area contributed by atoms with E-state index in [1.54, 1.807) is 0 Å². The first kappa shape index (κ1) is 7.66. The van der Waals surface area contributed by atoms with Crippen LogP contribution in [0.3, 0.4) is 0 Å². The second kappa shape index (κ2) is 3.64. The van der Waals surface area contributed by atoms with Crippen molar-refractivity contribution in [3.05, 3.63) is 12.2 Å². The third-order valence-corrected chi connectivity index (χ3v) is 0.540. The molecule has 0 fully saturated rings. The van der Waals surface area contributed by atoms with Gasteiger partial charge in [0.1, 0.15) is 11.6 Å². The summed E-state index contributed by atoms with van der Waals surface area (Å²) in [7, 11) is 1.17. The molecule has 0 radical (unpaired) electrons. The maximum atomic E-state index is 10.3. The molecule has 0 atom stereocenters. The number of nitrogens with zero attached hydrogens (tertiary/aromatic N) is 1. The maximum Gasteiger partial charge on any atom is 0.382 e. The van der Waals surface area contributed by atoms with Gasteiger partial charge in [0, 0.05) is 0 Å². The Morgan fingerprint density at radius 2 is 2.33 bits per heavy atom. The predicted molar refractivity (Wildman–Crippen MR) is 27.9 cm³/mol. The second-order valence-corrected chi connectivity index (χ2v) is 1.13. The van der Waals surface area contributed by atoms with E-state index in [0.29, 0.717) is 0 Å². The zero-order valence-electron chi connectivity index (χ0n) is 4.88. The Hall–Kier alpha value is -1.34. The van der Waals surface area contributed by atoms with E-state index in [0.717, 1.165) is 0 Å². The molecule has 0 rings (SSSR count). The molecule has 0 aliphatic rings. The van der Waals surface area contributed by atoms with Crippen LogP contribution in [0.4, 0.5) is 0 Å². The number of rotatable bonds is 2. The molecule has 4 heteroatoms. The number of hydrogen-bond acceptors (Lipinski definition) is 4. The number of nitriles is 1. The van der Waals surface area contributed by atoms with Gasteiger partial charge < -0.3 is 0 Å². The molecule has 0 aromatic heterocycles. The quantitative estimate of drug-likeness (QED) is 0.229. The molecule has 9 heavy (non-hydrogen) atoms. The van der Waals surface area contributed by atoms with E-state index in [-0.39, 0.29) is 5.57 Å². The molecule has 0 aromatic carbocycles. The molecule has 0 heterocycles. The van der Waals surface area contributed by atoms with Gasteiger partial charge in [0.15, 0.2) is 0 Å². The maximum absolute atomic E-state index is 10.3. The van der Waals surface area contributed by atoms with Crippen LogP contribution in [-0.4, -0.2) is 13.1 Å². The summed E-state index contributed by atoms with van der Waals surface area (Å²) in [5, 5.41) is 8.03. The Bertz CT molecular complexity index is 168. The highest BCUT2D eigenvalue weighted by molar-refractivity contribution is 5.91. The fourth-order valence-corrected chi connectivity index (χ4v) is 0.172. The fraction of sp³-hybridized carbons (Fsp3) is 0.200. The highest BCUT2D eigenvalue weighted by Gasteiger charge is 2.06. The molecular formula is C5H5NO3. The molecular weight excluding hydrogens is 122 g/mol. The number of carbonyl (C=O) groups excluding carboxylic acids is 1. The minimum Gasteiger partial charge on any atom is -0.292 e. The van der Waals surface area contributed by atoms with Gasteiger partial charge in [-0.15, -0.1) is 0 Å². The number of carbonyl (C=O) groups is 1. The Balaban J connectivity index is 3.78. The number of hydrogen-bond donors (Lipinski definition) is 0. The van der Waals surface area contributed by atoms with Gasteiger partial charge in [-0.05, 0) is 0 Å². The monoisotopic (exact) mass is 127 g/mol. The molecule has 0 bridgehead atoms. The molecule has 4 nitrogen and oxygen atoms in total. The standard InChI is InChI=1S/C5H5NO3/c1-4(3-6)5(7)9-8-2/h1H2,2H3. The van der Waals surface area contributed by atoms with Crippen molar-refractivity contribution >= 4 is 5.97 Å². The van der Waals surface area contributed by atoms with Crippen molar-refractivity contribution in [1.82, 2.24) is 0 Å². The van der Waals surface area contributed by atoms with Crippen LogP contribution >= 0.6 is 0 Å². The highest BCUT2D eigenvalue weighted by Crippen LogP contribution is 1.90. The molecule has 48 valence electrons. The Kier molecular flexibility index (Phi) is 3.09. The third-order valence-electron chi connectivity index (χ3n) is 0.540. The normalized spacial score (nSPS) is 7.56. The lowest BCUT2D eigenvalue weighted by Gasteiger charge is -1.92. The van der Waals surface area contributed by atoms with Crippen molar-refractivity contribution in [3.8, 4) is 6.07 Å². The van der Waals surface area contributed by atoms with Gasteiger partial charge >= 0.3 is 5.97 Å². The van der Waals surface area contributed by atoms with Crippen LogP contribution in [0.1, 0.15) is 0 Å². The molecule has 0 aliphatic heterocycles. The van der Waals surface area contributed by atoms with Crippen molar-refractivity contribution in [1.29, 1.82) is 5.26 Å². The molecule has 0 amide bonds. The SMILES string of the molecule is C=C(C#N)C(=O)OOC. The lowest BCUT2D eigenvalue weighted by Crippen LogP contribution is -2.03. The van der Waals surface area contributed by atoms with Gasteiger partial charge in [0.05, 0.1) is 7.11 Å². The van der Waals surface area contributed by atoms with Crippen molar-refractivity contribution in [3.63, 3.8) is 0 Å². The zero-order chi connectivity index (χ0) is 7.28. The van der Waals surface area contributed by atoms with E-state index in [1.807, 2.05) is 0 Å². The van der Waals surface area contributed by atoms with Crippen molar-refractivity contribution in [2.45, 2.75) is 0 Å². The Morgan fingerprint density at radius 3 is 2.67 bits per heavy atom. The topological polar surface area (TPSA) is 59.3 Å². The minimum absolute atomic E-state index is 0.281. The van der Waals surface area contributed by atoms with Crippen LogP contribution in [0.5, 0.6) is 0 Å². The van der Waals surface area contributed by atoms with Crippen LogP contribution in [0, 0.1) is 11.3 Å². The molecule has 0 aliphatic carbocycles. The van der Waals surface area contributed by atoms with Gasteiger partial charge in [-0.1, -0.05) is 6.58 Å². The smallest absolute Gasteiger partial charge is 0.292 e.